The Balaban J connectivity index is 1.77. The normalized spacial score (nSPS) is 17.7. The second-order valence-corrected chi connectivity index (χ2v) is 10.4. The molecule has 1 aliphatic rings. The lowest BCUT2D eigenvalue weighted by molar-refractivity contribution is 0.480. The molecule has 2 N–H and O–H groups in total. The second-order valence-electron chi connectivity index (χ2n) is 6.70. The lowest BCUT2D eigenvalue weighted by Crippen LogP contribution is -2.27. The van der Waals surface area contributed by atoms with E-state index in [1.165, 1.54) is 19.2 Å². The van der Waals surface area contributed by atoms with Crippen LogP contribution < -0.4 is 14.2 Å². The molecule has 146 valence electrons. The summed E-state index contributed by atoms with van der Waals surface area (Å²) in [6.45, 7) is 3.86. The van der Waals surface area contributed by atoms with Gasteiger partial charge in [0.05, 0.1) is 15.9 Å². The van der Waals surface area contributed by atoms with E-state index in [4.69, 9.17) is 4.74 Å². The van der Waals surface area contributed by atoms with Crippen molar-refractivity contribution in [1.29, 1.82) is 0 Å². The molecule has 0 amide bonds. The van der Waals surface area contributed by atoms with Gasteiger partial charge in [-0.2, -0.15) is 0 Å². The van der Waals surface area contributed by atoms with E-state index in [0.29, 0.717) is 11.5 Å². The molecule has 3 rings (SSSR count). The van der Waals surface area contributed by atoms with Gasteiger partial charge in [0.25, 0.3) is 0 Å². The Labute approximate surface area is 163 Å². The number of nitrogens with one attached hydrogen (secondary N) is 2. The first-order valence-electron chi connectivity index (χ1n) is 8.81. The van der Waals surface area contributed by atoms with Crippen LogP contribution in [0.1, 0.15) is 37.4 Å². The van der Waals surface area contributed by atoms with Gasteiger partial charge in [-0.1, -0.05) is 12.1 Å². The van der Waals surface area contributed by atoms with Gasteiger partial charge in [-0.05, 0) is 69.1 Å². The summed E-state index contributed by atoms with van der Waals surface area (Å²) < 4.78 is 47.3. The van der Waals surface area contributed by atoms with Gasteiger partial charge in [0.15, 0.2) is 0 Å². The number of benzene rings is 2. The minimum atomic E-state index is -3.52. The number of rotatable bonds is 7. The molecule has 2 aromatic carbocycles. The average molecular weight is 409 g/mol. The van der Waals surface area contributed by atoms with Gasteiger partial charge in [-0.25, -0.2) is 22.1 Å². The Kier molecular flexibility index (Phi) is 6.00. The van der Waals surface area contributed by atoms with Crippen LogP contribution in [0.3, 0.4) is 0 Å². The van der Waals surface area contributed by atoms with Crippen LogP contribution in [0.15, 0.2) is 47.4 Å². The van der Waals surface area contributed by atoms with Crippen molar-refractivity contribution in [3.63, 3.8) is 0 Å². The maximum absolute atomic E-state index is 12.1. The molecule has 6 nitrogen and oxygen atoms in total. The fourth-order valence-electron chi connectivity index (χ4n) is 3.01. The van der Waals surface area contributed by atoms with Crippen LogP contribution in [0.2, 0.25) is 0 Å². The lowest BCUT2D eigenvalue weighted by Gasteiger charge is -2.15. The third-order valence-corrected chi connectivity index (χ3v) is 7.28. The van der Waals surface area contributed by atoms with Crippen LogP contribution in [0, 0.1) is 0 Å². The summed E-state index contributed by atoms with van der Waals surface area (Å²) >= 11 is 0. The minimum Gasteiger partial charge on any atom is -0.457 e. The molecule has 0 heterocycles. The molecule has 0 radical (unpaired) electrons. The molecule has 8 heteroatoms. The van der Waals surface area contributed by atoms with Crippen LogP contribution in [0.25, 0.3) is 0 Å². The first-order chi connectivity index (χ1) is 12.8. The van der Waals surface area contributed by atoms with Crippen molar-refractivity contribution in [1.82, 2.24) is 9.44 Å². The molecule has 0 saturated heterocycles. The summed E-state index contributed by atoms with van der Waals surface area (Å²) in [6.07, 6.45) is 1.78. The number of aryl methyl sites for hydroxylation is 1. The van der Waals surface area contributed by atoms with Gasteiger partial charge >= 0.3 is 0 Å². The molecule has 0 saturated carbocycles. The number of fused-ring (bicyclic) bond motifs is 1. The van der Waals surface area contributed by atoms with Crippen molar-refractivity contribution < 1.29 is 17.4 Å². The molecule has 0 fully saturated rings. The highest BCUT2D eigenvalue weighted by atomic mass is 32.2. The van der Waals surface area contributed by atoms with Crippen LogP contribution in [-0.2, 0) is 27.4 Å². The molecule has 1 aliphatic carbocycles. The number of sulfonamides is 1. The van der Waals surface area contributed by atoms with Crippen molar-refractivity contribution in [3.8, 4) is 11.5 Å². The Hall–Kier alpha value is -1.74. The van der Waals surface area contributed by atoms with E-state index in [2.05, 4.69) is 9.44 Å². The van der Waals surface area contributed by atoms with Crippen LogP contribution >= 0.6 is 0 Å². The third kappa shape index (κ3) is 4.57. The highest BCUT2D eigenvalue weighted by Gasteiger charge is 2.25. The maximum Gasteiger partial charge on any atom is 0.240 e. The predicted octanol–water partition coefficient (Wildman–Crippen LogP) is 3.04. The Morgan fingerprint density at radius 1 is 1.15 bits per heavy atom. The highest BCUT2D eigenvalue weighted by Crippen LogP contribution is 2.35. The number of ether oxygens (including phenoxy) is 1. The van der Waals surface area contributed by atoms with Crippen molar-refractivity contribution in [2.45, 2.75) is 42.9 Å². The van der Waals surface area contributed by atoms with E-state index < -0.39 is 21.0 Å². The Morgan fingerprint density at radius 3 is 2.59 bits per heavy atom. The average Bonchev–Trinajstić information content (AvgIpc) is 3.04. The van der Waals surface area contributed by atoms with Gasteiger partial charge < -0.3 is 4.74 Å². The van der Waals surface area contributed by atoms with Gasteiger partial charge in [-0.3, -0.25) is 0 Å². The van der Waals surface area contributed by atoms with Gasteiger partial charge in [-0.15, -0.1) is 0 Å². The molecule has 0 spiro atoms. The first kappa shape index (κ1) is 20.0. The zero-order valence-electron chi connectivity index (χ0n) is 15.6. The fourth-order valence-corrected chi connectivity index (χ4v) is 4.58. The summed E-state index contributed by atoms with van der Waals surface area (Å²) in [4.78, 5) is 0.157. The molecule has 27 heavy (non-hydrogen) atoms. The lowest BCUT2D eigenvalue weighted by atomic mass is 10.1. The first-order valence-corrected chi connectivity index (χ1v) is 11.5. The molecular formula is C19H24N2O4S2. The van der Waals surface area contributed by atoms with E-state index in [1.54, 1.807) is 12.1 Å². The zero-order chi connectivity index (χ0) is 19.6. The molecule has 0 bridgehead atoms. The maximum atomic E-state index is 12.1. The SMILES string of the molecule is CNS(=O)(=O)c1cccc(Oc2ccc3c(c2)CCC3NS(=O)C(C)C)c1. The van der Waals surface area contributed by atoms with Gasteiger partial charge in [0.1, 0.15) is 11.5 Å². The highest BCUT2D eigenvalue weighted by molar-refractivity contribution is 7.89. The topological polar surface area (TPSA) is 84.5 Å². The predicted molar refractivity (Wildman–Crippen MR) is 107 cm³/mol. The summed E-state index contributed by atoms with van der Waals surface area (Å²) in [5.41, 5.74) is 2.30. The van der Waals surface area contributed by atoms with E-state index in [0.717, 1.165) is 24.0 Å². The van der Waals surface area contributed by atoms with E-state index in [1.807, 2.05) is 32.0 Å². The third-order valence-electron chi connectivity index (χ3n) is 4.50. The number of hydrogen-bond acceptors (Lipinski definition) is 4. The largest absolute Gasteiger partial charge is 0.457 e. The summed E-state index contributed by atoms with van der Waals surface area (Å²) in [5, 5.41) is 0.0674. The second kappa shape index (κ2) is 8.10. The van der Waals surface area contributed by atoms with E-state index in [9.17, 15) is 12.6 Å². The summed E-state index contributed by atoms with van der Waals surface area (Å²) in [6, 6.07) is 12.3. The quantitative estimate of drug-likeness (QED) is 0.738. The van der Waals surface area contributed by atoms with Crippen molar-refractivity contribution in [2.75, 3.05) is 7.05 Å². The monoisotopic (exact) mass is 408 g/mol. The molecule has 0 aliphatic heterocycles. The van der Waals surface area contributed by atoms with Crippen molar-refractivity contribution in [2.24, 2.45) is 0 Å². The minimum absolute atomic E-state index is 0.0674. The molecule has 2 unspecified atom stereocenters. The molecule has 2 atom stereocenters. The summed E-state index contributed by atoms with van der Waals surface area (Å²) in [5.74, 6) is 1.11. The Bertz CT molecular complexity index is 958. The van der Waals surface area contributed by atoms with Crippen LogP contribution in [0.4, 0.5) is 0 Å². The van der Waals surface area contributed by atoms with E-state index in [-0.39, 0.29) is 16.2 Å². The smallest absolute Gasteiger partial charge is 0.240 e. The van der Waals surface area contributed by atoms with Crippen LogP contribution in [-0.4, -0.2) is 24.9 Å². The zero-order valence-corrected chi connectivity index (χ0v) is 17.2. The molecule has 2 aromatic rings. The fraction of sp³-hybridized carbons (Fsp3) is 0.368. The van der Waals surface area contributed by atoms with Gasteiger partial charge in [0.2, 0.25) is 10.0 Å². The van der Waals surface area contributed by atoms with Crippen molar-refractivity contribution >= 4 is 21.0 Å². The Morgan fingerprint density at radius 2 is 1.89 bits per heavy atom. The molecule has 0 aromatic heterocycles. The van der Waals surface area contributed by atoms with E-state index >= 15 is 0 Å². The van der Waals surface area contributed by atoms with Crippen LogP contribution in [0.5, 0.6) is 11.5 Å². The van der Waals surface area contributed by atoms with Gasteiger partial charge in [0, 0.05) is 17.4 Å². The summed E-state index contributed by atoms with van der Waals surface area (Å²) in [7, 11) is -3.20. The number of hydrogen-bond donors (Lipinski definition) is 2. The van der Waals surface area contributed by atoms with Crippen molar-refractivity contribution in [3.05, 3.63) is 53.6 Å². The molecular weight excluding hydrogens is 384 g/mol. The standard InChI is InChI=1S/C19H24N2O4S2/c1-13(2)26(22)21-19-10-7-14-11-16(8-9-18(14)19)25-15-5-4-6-17(12-15)27(23,24)20-3/h4-6,8-9,11-13,19-21H,7,10H2,1-3H3.